The Labute approximate surface area is 115 Å². The molecule has 2 rings (SSSR count). The second kappa shape index (κ2) is 6.20. The molecule has 0 nitrogen and oxygen atoms in total. The fourth-order valence-corrected chi connectivity index (χ4v) is 3.65. The van der Waals surface area contributed by atoms with E-state index in [0.29, 0.717) is 0 Å². The highest BCUT2D eigenvalue weighted by Gasteiger charge is 2.18. The molecule has 16 heavy (non-hydrogen) atoms. The van der Waals surface area contributed by atoms with Gasteiger partial charge in [-0.25, -0.2) is 0 Å². The Kier molecular flexibility index (Phi) is 4.90. The average molecular weight is 346 g/mol. The first-order valence-electron chi connectivity index (χ1n) is 6.12. The Balaban J connectivity index is 1.95. The fourth-order valence-electron chi connectivity index (χ4n) is 2.54. The molecule has 0 bridgehead atoms. The molecule has 0 aliphatic heterocycles. The van der Waals surface area contributed by atoms with Gasteiger partial charge < -0.3 is 0 Å². The number of alkyl halides is 1. The zero-order chi connectivity index (χ0) is 11.4. The summed E-state index contributed by atoms with van der Waals surface area (Å²) in [5.74, 6) is 0.869. The lowest BCUT2D eigenvalue weighted by Crippen LogP contribution is -2.08. The molecule has 0 N–H and O–H groups in total. The van der Waals surface area contributed by atoms with E-state index >= 15 is 0 Å². The fraction of sp³-hybridized carbons (Fsp3) is 0.571. The van der Waals surface area contributed by atoms with E-state index < -0.39 is 0 Å². The van der Waals surface area contributed by atoms with Crippen LogP contribution in [0.1, 0.15) is 37.7 Å². The number of rotatable bonds is 2. The number of halogens is 2. The summed E-state index contributed by atoms with van der Waals surface area (Å²) in [5.41, 5.74) is 1.48. The van der Waals surface area contributed by atoms with Crippen LogP contribution >= 0.6 is 31.9 Å². The first-order valence-corrected chi connectivity index (χ1v) is 7.83. The van der Waals surface area contributed by atoms with Gasteiger partial charge in [-0.3, -0.25) is 0 Å². The molecule has 1 aromatic rings. The summed E-state index contributed by atoms with van der Waals surface area (Å²) < 4.78 is 1.18. The van der Waals surface area contributed by atoms with Crippen LogP contribution in [-0.4, -0.2) is 4.83 Å². The highest BCUT2D eigenvalue weighted by Crippen LogP contribution is 2.30. The van der Waals surface area contributed by atoms with Gasteiger partial charge in [-0.2, -0.15) is 0 Å². The minimum Gasteiger partial charge on any atom is -0.0891 e. The summed E-state index contributed by atoms with van der Waals surface area (Å²) in [6, 6.07) is 8.80. The predicted molar refractivity (Wildman–Crippen MR) is 77.1 cm³/mol. The summed E-state index contributed by atoms with van der Waals surface area (Å²) >= 11 is 7.28. The standard InChI is InChI=1S/C14H18Br2/c15-13-7-5-11(6-8-13)9-12-3-1-2-4-14(16)10-12/h5-8,12,14H,1-4,9-10H2. The Bertz CT molecular complexity index is 318. The predicted octanol–water partition coefficient (Wildman–Crippen LogP) is 5.34. The molecule has 2 heteroatoms. The van der Waals surface area contributed by atoms with Crippen LogP contribution in [0.3, 0.4) is 0 Å². The zero-order valence-corrected chi connectivity index (χ0v) is 12.6. The van der Waals surface area contributed by atoms with Gasteiger partial charge >= 0.3 is 0 Å². The summed E-state index contributed by atoms with van der Waals surface area (Å²) in [5, 5.41) is 0. The van der Waals surface area contributed by atoms with Crippen molar-refractivity contribution in [3.63, 3.8) is 0 Å². The van der Waals surface area contributed by atoms with Crippen molar-refractivity contribution in [1.82, 2.24) is 0 Å². The Morgan fingerprint density at radius 2 is 1.75 bits per heavy atom. The minimum absolute atomic E-state index is 0.746. The lowest BCUT2D eigenvalue weighted by molar-refractivity contribution is 0.463. The molecule has 1 fully saturated rings. The normalized spacial score (nSPS) is 26.4. The van der Waals surface area contributed by atoms with Gasteiger partial charge in [0.25, 0.3) is 0 Å². The monoisotopic (exact) mass is 344 g/mol. The van der Waals surface area contributed by atoms with Crippen molar-refractivity contribution in [2.24, 2.45) is 5.92 Å². The molecule has 0 amide bonds. The van der Waals surface area contributed by atoms with E-state index in [2.05, 4.69) is 56.1 Å². The lowest BCUT2D eigenvalue weighted by atomic mass is 9.92. The summed E-state index contributed by atoms with van der Waals surface area (Å²) in [6.45, 7) is 0. The molecular formula is C14H18Br2. The maximum absolute atomic E-state index is 3.80. The Hall–Kier alpha value is 0.180. The summed E-state index contributed by atoms with van der Waals surface area (Å²) in [7, 11) is 0. The van der Waals surface area contributed by atoms with Gasteiger partial charge in [-0.1, -0.05) is 63.3 Å². The van der Waals surface area contributed by atoms with Crippen molar-refractivity contribution in [2.45, 2.75) is 43.4 Å². The maximum Gasteiger partial charge on any atom is 0.0175 e. The quantitative estimate of drug-likeness (QED) is 0.501. The van der Waals surface area contributed by atoms with Gasteiger partial charge in [0.15, 0.2) is 0 Å². The van der Waals surface area contributed by atoms with Crippen LogP contribution in [0.4, 0.5) is 0 Å². The van der Waals surface area contributed by atoms with E-state index in [1.54, 1.807) is 0 Å². The minimum atomic E-state index is 0.746. The molecule has 0 aromatic heterocycles. The molecule has 1 aliphatic carbocycles. The van der Waals surface area contributed by atoms with Crippen molar-refractivity contribution >= 4 is 31.9 Å². The van der Waals surface area contributed by atoms with Gasteiger partial charge in [0.1, 0.15) is 0 Å². The van der Waals surface area contributed by atoms with E-state index in [1.165, 1.54) is 48.6 Å². The van der Waals surface area contributed by atoms with Crippen molar-refractivity contribution < 1.29 is 0 Å². The molecule has 2 unspecified atom stereocenters. The van der Waals surface area contributed by atoms with Gasteiger partial charge in [-0.05, 0) is 42.9 Å². The van der Waals surface area contributed by atoms with Crippen LogP contribution in [0.2, 0.25) is 0 Å². The average Bonchev–Trinajstić information content (AvgIpc) is 2.46. The van der Waals surface area contributed by atoms with Crippen LogP contribution in [0.15, 0.2) is 28.7 Å². The van der Waals surface area contributed by atoms with Crippen molar-refractivity contribution in [3.8, 4) is 0 Å². The smallest absolute Gasteiger partial charge is 0.0175 e. The number of hydrogen-bond donors (Lipinski definition) is 0. The van der Waals surface area contributed by atoms with Crippen LogP contribution in [0.25, 0.3) is 0 Å². The van der Waals surface area contributed by atoms with Gasteiger partial charge in [0.2, 0.25) is 0 Å². The molecule has 1 saturated carbocycles. The van der Waals surface area contributed by atoms with Crippen LogP contribution in [0.5, 0.6) is 0 Å². The van der Waals surface area contributed by atoms with Crippen LogP contribution in [-0.2, 0) is 6.42 Å². The lowest BCUT2D eigenvalue weighted by Gasteiger charge is -2.16. The molecule has 0 spiro atoms. The highest BCUT2D eigenvalue weighted by atomic mass is 79.9. The Morgan fingerprint density at radius 1 is 1.06 bits per heavy atom. The molecule has 0 saturated heterocycles. The van der Waals surface area contributed by atoms with E-state index in [9.17, 15) is 0 Å². The van der Waals surface area contributed by atoms with E-state index in [-0.39, 0.29) is 0 Å². The third-order valence-corrected chi connectivity index (χ3v) is 4.77. The third kappa shape index (κ3) is 3.89. The van der Waals surface area contributed by atoms with Crippen molar-refractivity contribution in [3.05, 3.63) is 34.3 Å². The van der Waals surface area contributed by atoms with Gasteiger partial charge in [0, 0.05) is 9.30 Å². The van der Waals surface area contributed by atoms with E-state index in [4.69, 9.17) is 0 Å². The van der Waals surface area contributed by atoms with Gasteiger partial charge in [0.05, 0.1) is 0 Å². The van der Waals surface area contributed by atoms with E-state index in [1.807, 2.05) is 0 Å². The van der Waals surface area contributed by atoms with Crippen molar-refractivity contribution in [2.75, 3.05) is 0 Å². The molecule has 88 valence electrons. The molecule has 0 heterocycles. The molecule has 1 aromatic carbocycles. The molecule has 0 radical (unpaired) electrons. The number of benzene rings is 1. The second-order valence-electron chi connectivity index (χ2n) is 4.81. The maximum atomic E-state index is 3.80. The SMILES string of the molecule is Brc1ccc(CC2CCCCC(Br)C2)cc1. The highest BCUT2D eigenvalue weighted by molar-refractivity contribution is 9.10. The zero-order valence-electron chi connectivity index (χ0n) is 9.46. The van der Waals surface area contributed by atoms with Crippen LogP contribution in [0, 0.1) is 5.92 Å². The Morgan fingerprint density at radius 3 is 2.50 bits per heavy atom. The molecule has 1 aliphatic rings. The first-order chi connectivity index (χ1) is 7.74. The number of hydrogen-bond acceptors (Lipinski definition) is 0. The second-order valence-corrected chi connectivity index (χ2v) is 7.02. The van der Waals surface area contributed by atoms with Crippen molar-refractivity contribution in [1.29, 1.82) is 0 Å². The van der Waals surface area contributed by atoms with Crippen LogP contribution < -0.4 is 0 Å². The third-order valence-electron chi connectivity index (χ3n) is 3.41. The molecule has 2 atom stereocenters. The molecular weight excluding hydrogens is 328 g/mol. The largest absolute Gasteiger partial charge is 0.0891 e. The topological polar surface area (TPSA) is 0 Å². The van der Waals surface area contributed by atoms with E-state index in [0.717, 1.165) is 10.7 Å². The van der Waals surface area contributed by atoms with Gasteiger partial charge in [-0.15, -0.1) is 0 Å². The summed E-state index contributed by atoms with van der Waals surface area (Å²) in [4.78, 5) is 0.746. The first kappa shape index (κ1) is 12.6. The summed E-state index contributed by atoms with van der Waals surface area (Å²) in [6.07, 6.45) is 8.15.